The molecular weight excluding hydrogens is 366 g/mol. The fourth-order valence-electron chi connectivity index (χ4n) is 3.20. The quantitative estimate of drug-likeness (QED) is 0.321. The zero-order valence-electron chi connectivity index (χ0n) is 17.5. The Morgan fingerprint density at radius 3 is 2.38 bits per heavy atom. The number of esters is 1. The van der Waals surface area contributed by atoms with Gasteiger partial charge in [-0.3, -0.25) is 4.79 Å². The topological polar surface area (TPSA) is 81.8 Å². The standard InChI is InChI=1S/C24H33NO4/c1-3-4-14-28-18-29-23(27)24(2,17-26)16-22(25)15-19-10-12-21(13-11-19)20-8-6-5-7-9-20/h5-13,22,26H,3-4,14-18,25H2,1-2H3/t22-,24+/m1/s1. The van der Waals surface area contributed by atoms with Crippen LogP contribution in [0.3, 0.4) is 0 Å². The highest BCUT2D eigenvalue weighted by atomic mass is 16.7. The molecule has 0 aliphatic carbocycles. The summed E-state index contributed by atoms with van der Waals surface area (Å²) in [6.07, 6.45) is 2.88. The van der Waals surface area contributed by atoms with Crippen LogP contribution in [-0.4, -0.2) is 37.1 Å². The molecule has 158 valence electrons. The van der Waals surface area contributed by atoms with E-state index in [1.807, 2.05) is 18.2 Å². The van der Waals surface area contributed by atoms with Gasteiger partial charge in [-0.15, -0.1) is 0 Å². The molecule has 0 heterocycles. The Labute approximate surface area is 173 Å². The van der Waals surface area contributed by atoms with Crippen molar-refractivity contribution in [3.8, 4) is 11.1 Å². The van der Waals surface area contributed by atoms with E-state index >= 15 is 0 Å². The Balaban J connectivity index is 1.88. The van der Waals surface area contributed by atoms with Crippen molar-refractivity contribution in [1.29, 1.82) is 0 Å². The van der Waals surface area contributed by atoms with Gasteiger partial charge in [-0.05, 0) is 42.9 Å². The van der Waals surface area contributed by atoms with E-state index in [9.17, 15) is 9.90 Å². The summed E-state index contributed by atoms with van der Waals surface area (Å²) in [5.74, 6) is -0.480. The second kappa shape index (κ2) is 11.7. The van der Waals surface area contributed by atoms with Crippen LogP contribution in [0.15, 0.2) is 54.6 Å². The summed E-state index contributed by atoms with van der Waals surface area (Å²) in [6.45, 7) is 3.89. The van der Waals surface area contributed by atoms with Gasteiger partial charge in [0.25, 0.3) is 0 Å². The zero-order valence-corrected chi connectivity index (χ0v) is 17.5. The zero-order chi connectivity index (χ0) is 21.1. The van der Waals surface area contributed by atoms with Gasteiger partial charge < -0.3 is 20.3 Å². The number of rotatable bonds is 12. The lowest BCUT2D eigenvalue weighted by Crippen LogP contribution is -2.40. The van der Waals surface area contributed by atoms with E-state index in [2.05, 4.69) is 43.3 Å². The first-order chi connectivity index (χ1) is 14.0. The molecule has 0 aromatic heterocycles. The highest BCUT2D eigenvalue weighted by molar-refractivity contribution is 5.76. The van der Waals surface area contributed by atoms with Gasteiger partial charge in [-0.2, -0.15) is 0 Å². The molecule has 0 unspecified atom stereocenters. The Kier molecular flexibility index (Phi) is 9.32. The fourth-order valence-corrected chi connectivity index (χ4v) is 3.20. The van der Waals surface area contributed by atoms with Crippen LogP contribution >= 0.6 is 0 Å². The van der Waals surface area contributed by atoms with Crippen LogP contribution in [0.25, 0.3) is 11.1 Å². The smallest absolute Gasteiger partial charge is 0.316 e. The van der Waals surface area contributed by atoms with Crippen molar-refractivity contribution < 1.29 is 19.4 Å². The first kappa shape index (κ1) is 23.1. The number of aliphatic hydroxyl groups excluding tert-OH is 1. The van der Waals surface area contributed by atoms with Gasteiger partial charge in [-0.25, -0.2) is 0 Å². The van der Waals surface area contributed by atoms with Crippen LogP contribution < -0.4 is 5.73 Å². The fraction of sp³-hybridized carbons (Fsp3) is 0.458. The van der Waals surface area contributed by atoms with Gasteiger partial charge in [-0.1, -0.05) is 67.9 Å². The molecule has 0 spiro atoms. The SMILES string of the molecule is CCCCOCOC(=O)[C@](C)(CO)C[C@H](N)Cc1ccc(-c2ccccc2)cc1. The first-order valence-corrected chi connectivity index (χ1v) is 10.2. The largest absolute Gasteiger partial charge is 0.438 e. The summed E-state index contributed by atoms with van der Waals surface area (Å²) >= 11 is 0. The molecule has 0 saturated heterocycles. The molecule has 3 N–H and O–H groups in total. The van der Waals surface area contributed by atoms with Crippen LogP contribution in [0.4, 0.5) is 0 Å². The normalized spacial score (nSPS) is 14.2. The van der Waals surface area contributed by atoms with Crippen molar-refractivity contribution in [2.24, 2.45) is 11.1 Å². The maximum Gasteiger partial charge on any atom is 0.316 e. The average Bonchev–Trinajstić information content (AvgIpc) is 2.74. The molecule has 2 aromatic carbocycles. The molecule has 0 fully saturated rings. The molecule has 2 atom stereocenters. The second-order valence-electron chi connectivity index (χ2n) is 7.76. The van der Waals surface area contributed by atoms with Gasteiger partial charge in [0.1, 0.15) is 0 Å². The number of aliphatic hydroxyl groups is 1. The van der Waals surface area contributed by atoms with Crippen LogP contribution in [0.1, 0.15) is 38.7 Å². The van der Waals surface area contributed by atoms with Gasteiger partial charge >= 0.3 is 5.97 Å². The maximum atomic E-state index is 12.4. The van der Waals surface area contributed by atoms with Crippen molar-refractivity contribution in [2.75, 3.05) is 20.0 Å². The average molecular weight is 400 g/mol. The molecule has 2 rings (SSSR count). The number of benzene rings is 2. The lowest BCUT2D eigenvalue weighted by molar-refractivity contribution is -0.170. The van der Waals surface area contributed by atoms with Crippen molar-refractivity contribution >= 4 is 5.97 Å². The first-order valence-electron chi connectivity index (χ1n) is 10.2. The maximum absolute atomic E-state index is 12.4. The molecule has 0 bridgehead atoms. The van der Waals surface area contributed by atoms with Crippen molar-refractivity contribution in [3.63, 3.8) is 0 Å². The van der Waals surface area contributed by atoms with Crippen molar-refractivity contribution in [3.05, 3.63) is 60.2 Å². The number of hydrogen-bond donors (Lipinski definition) is 2. The molecule has 0 aliphatic heterocycles. The highest BCUT2D eigenvalue weighted by Gasteiger charge is 2.36. The molecule has 29 heavy (non-hydrogen) atoms. The third kappa shape index (κ3) is 7.28. The lowest BCUT2D eigenvalue weighted by atomic mass is 9.83. The Bertz CT molecular complexity index is 732. The van der Waals surface area contributed by atoms with Crippen LogP contribution in [-0.2, 0) is 20.7 Å². The van der Waals surface area contributed by atoms with E-state index in [1.165, 1.54) is 5.56 Å². The summed E-state index contributed by atoms with van der Waals surface area (Å²) < 4.78 is 10.5. The predicted octanol–water partition coefficient (Wildman–Crippen LogP) is 3.93. The third-order valence-electron chi connectivity index (χ3n) is 5.03. The van der Waals surface area contributed by atoms with Crippen molar-refractivity contribution in [1.82, 2.24) is 0 Å². The van der Waals surface area contributed by atoms with Crippen molar-refractivity contribution in [2.45, 2.75) is 45.6 Å². The van der Waals surface area contributed by atoms with Gasteiger partial charge in [0, 0.05) is 6.04 Å². The molecular formula is C24H33NO4. The number of ether oxygens (including phenoxy) is 2. The number of carbonyl (C=O) groups is 1. The molecule has 5 nitrogen and oxygen atoms in total. The summed E-state index contributed by atoms with van der Waals surface area (Å²) in [6, 6.07) is 18.2. The van der Waals surface area contributed by atoms with Gasteiger partial charge in [0.2, 0.25) is 0 Å². The molecule has 2 aromatic rings. The van der Waals surface area contributed by atoms with E-state index in [4.69, 9.17) is 15.2 Å². The van der Waals surface area contributed by atoms with E-state index in [0.717, 1.165) is 24.0 Å². The number of nitrogens with two attached hydrogens (primary N) is 1. The minimum atomic E-state index is -1.04. The molecule has 0 radical (unpaired) electrons. The van der Waals surface area contributed by atoms with E-state index in [-0.39, 0.29) is 19.4 Å². The summed E-state index contributed by atoms with van der Waals surface area (Å²) in [7, 11) is 0. The Morgan fingerprint density at radius 2 is 1.76 bits per heavy atom. The summed E-state index contributed by atoms with van der Waals surface area (Å²) in [4.78, 5) is 12.4. The van der Waals surface area contributed by atoms with Crippen LogP contribution in [0, 0.1) is 5.41 Å². The summed E-state index contributed by atoms with van der Waals surface area (Å²) in [5, 5.41) is 9.78. The number of hydrogen-bond acceptors (Lipinski definition) is 5. The third-order valence-corrected chi connectivity index (χ3v) is 5.03. The van der Waals surface area contributed by atoms with E-state index in [1.54, 1.807) is 6.92 Å². The number of unbranched alkanes of at least 4 members (excludes halogenated alkanes) is 1. The highest BCUT2D eigenvalue weighted by Crippen LogP contribution is 2.26. The lowest BCUT2D eigenvalue weighted by Gasteiger charge is -2.28. The molecule has 0 saturated carbocycles. The van der Waals surface area contributed by atoms with Crippen LogP contribution in [0.5, 0.6) is 0 Å². The van der Waals surface area contributed by atoms with E-state index < -0.39 is 11.4 Å². The van der Waals surface area contributed by atoms with Crippen LogP contribution in [0.2, 0.25) is 0 Å². The second-order valence-corrected chi connectivity index (χ2v) is 7.76. The molecule has 0 amide bonds. The minimum absolute atomic E-state index is 0.0926. The summed E-state index contributed by atoms with van der Waals surface area (Å²) in [5.41, 5.74) is 8.66. The van der Waals surface area contributed by atoms with E-state index in [0.29, 0.717) is 19.4 Å². The predicted molar refractivity (Wildman–Crippen MR) is 115 cm³/mol. The van der Waals surface area contributed by atoms with Gasteiger partial charge in [0.05, 0.1) is 18.6 Å². The van der Waals surface area contributed by atoms with Gasteiger partial charge in [0.15, 0.2) is 6.79 Å². The monoisotopic (exact) mass is 399 g/mol. The Hall–Kier alpha value is -2.21. The number of carbonyl (C=O) groups excluding carboxylic acids is 1. The Morgan fingerprint density at radius 1 is 1.10 bits per heavy atom. The molecule has 0 aliphatic rings. The molecule has 5 heteroatoms. The minimum Gasteiger partial charge on any atom is -0.438 e.